The van der Waals surface area contributed by atoms with E-state index >= 15 is 0 Å². The van der Waals surface area contributed by atoms with Crippen molar-refractivity contribution in [2.45, 2.75) is 4.90 Å². The summed E-state index contributed by atoms with van der Waals surface area (Å²) < 4.78 is 4.85. The van der Waals surface area contributed by atoms with Gasteiger partial charge in [-0.1, -0.05) is 0 Å². The lowest BCUT2D eigenvalue weighted by Gasteiger charge is -2.04. The van der Waals surface area contributed by atoms with E-state index in [1.807, 2.05) is 0 Å². The van der Waals surface area contributed by atoms with Crippen LogP contribution < -0.4 is 4.74 Å². The molecule has 1 aromatic rings. The van der Waals surface area contributed by atoms with Crippen molar-refractivity contribution in [1.29, 1.82) is 0 Å². The van der Waals surface area contributed by atoms with Gasteiger partial charge >= 0.3 is 5.97 Å². The molecule has 0 saturated heterocycles. The Hall–Kier alpha value is -1.16. The molecule has 1 aromatic carbocycles. The van der Waals surface area contributed by atoms with Crippen molar-refractivity contribution in [3.8, 4) is 5.75 Å². The molecule has 0 bridgehead atoms. The van der Waals surface area contributed by atoms with E-state index in [4.69, 9.17) is 9.84 Å². The standard InChI is InChI=1S/C8H8O3S/c1-11-7-3-2-5(12)4-6(7)8(9)10/h2-4,12H,1H3,(H,9,10). The molecule has 0 unspecified atom stereocenters. The predicted molar refractivity (Wildman–Crippen MR) is 47.2 cm³/mol. The summed E-state index contributed by atoms with van der Waals surface area (Å²) >= 11 is 4.02. The van der Waals surface area contributed by atoms with Gasteiger partial charge in [0.05, 0.1) is 7.11 Å². The molecule has 3 nitrogen and oxygen atoms in total. The van der Waals surface area contributed by atoms with Gasteiger partial charge in [-0.05, 0) is 18.2 Å². The summed E-state index contributed by atoms with van der Waals surface area (Å²) in [6.07, 6.45) is 0. The van der Waals surface area contributed by atoms with Crippen molar-refractivity contribution in [2.75, 3.05) is 7.11 Å². The summed E-state index contributed by atoms with van der Waals surface area (Å²) in [7, 11) is 1.43. The molecular formula is C8H8O3S. The van der Waals surface area contributed by atoms with Gasteiger partial charge in [-0.3, -0.25) is 0 Å². The van der Waals surface area contributed by atoms with Crippen LogP contribution in [0.25, 0.3) is 0 Å². The zero-order valence-corrected chi connectivity index (χ0v) is 7.34. The van der Waals surface area contributed by atoms with Gasteiger partial charge in [-0.2, -0.15) is 0 Å². The highest BCUT2D eigenvalue weighted by atomic mass is 32.1. The quantitative estimate of drug-likeness (QED) is 0.687. The second kappa shape index (κ2) is 3.49. The fourth-order valence-corrected chi connectivity index (χ4v) is 1.07. The molecule has 0 aliphatic rings. The minimum atomic E-state index is -1.01. The van der Waals surface area contributed by atoms with Crippen LogP contribution in [0.3, 0.4) is 0 Å². The summed E-state index contributed by atoms with van der Waals surface area (Å²) in [6, 6.07) is 4.70. The summed E-state index contributed by atoms with van der Waals surface area (Å²) in [5.74, 6) is -0.664. The molecule has 0 aliphatic heterocycles. The van der Waals surface area contributed by atoms with Crippen molar-refractivity contribution in [1.82, 2.24) is 0 Å². The van der Waals surface area contributed by atoms with E-state index in [9.17, 15) is 4.79 Å². The summed E-state index contributed by atoms with van der Waals surface area (Å²) in [5.41, 5.74) is 0.130. The van der Waals surface area contributed by atoms with Crippen LogP contribution in [0.15, 0.2) is 23.1 Å². The van der Waals surface area contributed by atoms with E-state index in [0.29, 0.717) is 10.6 Å². The highest BCUT2D eigenvalue weighted by molar-refractivity contribution is 7.80. The molecule has 1 N–H and O–H groups in total. The average Bonchev–Trinajstić information content (AvgIpc) is 2.04. The van der Waals surface area contributed by atoms with Crippen LogP contribution in [0.2, 0.25) is 0 Å². The molecule has 12 heavy (non-hydrogen) atoms. The monoisotopic (exact) mass is 184 g/mol. The number of carboxylic acid groups (broad SMARTS) is 1. The van der Waals surface area contributed by atoms with Crippen molar-refractivity contribution < 1.29 is 14.6 Å². The maximum atomic E-state index is 10.6. The van der Waals surface area contributed by atoms with Gasteiger partial charge in [-0.25, -0.2) is 4.79 Å². The highest BCUT2D eigenvalue weighted by Crippen LogP contribution is 2.21. The van der Waals surface area contributed by atoms with Gasteiger partial charge in [0.25, 0.3) is 0 Å². The van der Waals surface area contributed by atoms with Gasteiger partial charge in [0.2, 0.25) is 0 Å². The Balaban J connectivity index is 3.21. The topological polar surface area (TPSA) is 46.5 Å². The van der Waals surface area contributed by atoms with Crippen LogP contribution in [0, 0.1) is 0 Å². The second-order valence-corrected chi connectivity index (χ2v) is 2.71. The van der Waals surface area contributed by atoms with E-state index in [1.54, 1.807) is 12.1 Å². The predicted octanol–water partition coefficient (Wildman–Crippen LogP) is 1.68. The normalized spacial score (nSPS) is 9.50. The first-order chi connectivity index (χ1) is 5.65. The Morgan fingerprint density at radius 3 is 2.75 bits per heavy atom. The third-order valence-electron chi connectivity index (χ3n) is 1.41. The Labute approximate surface area is 75.4 Å². The van der Waals surface area contributed by atoms with Crippen LogP contribution in [0.1, 0.15) is 10.4 Å². The Bertz CT molecular complexity index is 309. The number of rotatable bonds is 2. The second-order valence-electron chi connectivity index (χ2n) is 2.19. The minimum Gasteiger partial charge on any atom is -0.496 e. The number of aromatic carboxylic acids is 1. The van der Waals surface area contributed by atoms with Crippen molar-refractivity contribution in [2.24, 2.45) is 0 Å². The number of benzene rings is 1. The van der Waals surface area contributed by atoms with Gasteiger partial charge in [0.1, 0.15) is 11.3 Å². The largest absolute Gasteiger partial charge is 0.496 e. The highest BCUT2D eigenvalue weighted by Gasteiger charge is 2.09. The van der Waals surface area contributed by atoms with Crippen LogP contribution >= 0.6 is 12.6 Å². The first kappa shape index (κ1) is 8.93. The van der Waals surface area contributed by atoms with Crippen LogP contribution in [0.5, 0.6) is 5.75 Å². The number of hydrogen-bond acceptors (Lipinski definition) is 3. The van der Waals surface area contributed by atoms with Crippen molar-refractivity contribution in [3.05, 3.63) is 23.8 Å². The van der Waals surface area contributed by atoms with Crippen LogP contribution in [0.4, 0.5) is 0 Å². The fourth-order valence-electron chi connectivity index (χ4n) is 0.863. The number of carbonyl (C=O) groups is 1. The van der Waals surface area contributed by atoms with E-state index in [1.165, 1.54) is 13.2 Å². The molecule has 0 atom stereocenters. The molecule has 1 rings (SSSR count). The SMILES string of the molecule is COc1ccc(S)cc1C(=O)O. The van der Waals surface area contributed by atoms with Crippen molar-refractivity contribution >= 4 is 18.6 Å². The molecule has 0 heterocycles. The first-order valence-electron chi connectivity index (χ1n) is 3.25. The first-order valence-corrected chi connectivity index (χ1v) is 3.70. The minimum absolute atomic E-state index is 0.130. The van der Waals surface area contributed by atoms with Gasteiger partial charge in [0, 0.05) is 4.90 Å². The van der Waals surface area contributed by atoms with E-state index < -0.39 is 5.97 Å². The molecular weight excluding hydrogens is 176 g/mol. The maximum absolute atomic E-state index is 10.6. The van der Waals surface area contributed by atoms with Gasteiger partial charge < -0.3 is 9.84 Å². The lowest BCUT2D eigenvalue weighted by atomic mass is 10.2. The molecule has 4 heteroatoms. The molecule has 0 saturated carbocycles. The Kier molecular flexibility index (Phi) is 2.60. The van der Waals surface area contributed by atoms with E-state index in [0.717, 1.165) is 0 Å². The fraction of sp³-hybridized carbons (Fsp3) is 0.125. The number of carboxylic acids is 1. The zero-order valence-electron chi connectivity index (χ0n) is 6.44. The lowest BCUT2D eigenvalue weighted by Crippen LogP contribution is -1.99. The molecule has 0 fully saturated rings. The number of methoxy groups -OCH3 is 1. The average molecular weight is 184 g/mol. The van der Waals surface area contributed by atoms with Crippen LogP contribution in [-0.4, -0.2) is 18.2 Å². The Morgan fingerprint density at radius 1 is 1.58 bits per heavy atom. The van der Waals surface area contributed by atoms with E-state index in [2.05, 4.69) is 12.6 Å². The third kappa shape index (κ3) is 1.71. The lowest BCUT2D eigenvalue weighted by molar-refractivity contribution is 0.0693. The molecule has 0 radical (unpaired) electrons. The molecule has 0 amide bonds. The number of thiol groups is 1. The smallest absolute Gasteiger partial charge is 0.339 e. The van der Waals surface area contributed by atoms with Crippen molar-refractivity contribution in [3.63, 3.8) is 0 Å². The maximum Gasteiger partial charge on any atom is 0.339 e. The summed E-state index contributed by atoms with van der Waals surface area (Å²) in [6.45, 7) is 0. The van der Waals surface area contributed by atoms with Gasteiger partial charge in [-0.15, -0.1) is 12.6 Å². The molecule has 64 valence electrons. The van der Waals surface area contributed by atoms with E-state index in [-0.39, 0.29) is 5.56 Å². The molecule has 0 aliphatic carbocycles. The zero-order chi connectivity index (χ0) is 9.14. The number of hydrogen-bond donors (Lipinski definition) is 2. The summed E-state index contributed by atoms with van der Waals surface area (Å²) in [4.78, 5) is 11.2. The summed E-state index contributed by atoms with van der Waals surface area (Å²) in [5, 5.41) is 8.71. The van der Waals surface area contributed by atoms with Gasteiger partial charge in [0.15, 0.2) is 0 Å². The van der Waals surface area contributed by atoms with Crippen LogP contribution in [-0.2, 0) is 0 Å². The Morgan fingerprint density at radius 2 is 2.25 bits per heavy atom. The molecule has 0 spiro atoms. The number of ether oxygens (including phenoxy) is 1. The molecule has 0 aromatic heterocycles. The third-order valence-corrected chi connectivity index (χ3v) is 1.69.